The minimum absolute atomic E-state index is 0.0271. The van der Waals surface area contributed by atoms with Crippen molar-refractivity contribution < 1.29 is 94.1 Å². The van der Waals surface area contributed by atoms with Gasteiger partial charge in [-0.1, -0.05) is 27.7 Å². The molecule has 0 radical (unpaired) electrons. The molecule has 0 aromatic rings. The van der Waals surface area contributed by atoms with Crippen LogP contribution in [0.2, 0.25) is 0 Å². The summed E-state index contributed by atoms with van der Waals surface area (Å²) < 4.78 is 48.8. The number of rotatable bonds is 14. The first-order valence-corrected chi connectivity index (χ1v) is 24.2. The van der Waals surface area contributed by atoms with Crippen LogP contribution in [0.25, 0.3) is 0 Å². The Morgan fingerprint density at radius 1 is 0.631 bits per heavy atom. The fourth-order valence-corrected chi connectivity index (χ4v) is 14.5. The van der Waals surface area contributed by atoms with E-state index in [-0.39, 0.29) is 41.5 Å². The summed E-state index contributed by atoms with van der Waals surface area (Å²) >= 11 is 0. The molecule has 19 nitrogen and oxygen atoms in total. The van der Waals surface area contributed by atoms with E-state index in [1.165, 1.54) is 0 Å². The van der Waals surface area contributed by atoms with Crippen LogP contribution in [0.5, 0.6) is 0 Å². The third-order valence-electron chi connectivity index (χ3n) is 18.3. The van der Waals surface area contributed by atoms with Gasteiger partial charge in [-0.3, -0.25) is 0 Å². The maximum absolute atomic E-state index is 11.2. The van der Waals surface area contributed by atoms with Gasteiger partial charge in [0.15, 0.2) is 24.7 Å². The van der Waals surface area contributed by atoms with E-state index < -0.39 is 118 Å². The molecule has 4 aliphatic heterocycles. The summed E-state index contributed by atoms with van der Waals surface area (Å²) in [6.07, 6.45) is -12.7. The molecule has 0 spiro atoms. The molecule has 0 unspecified atom stereocenters. The zero-order valence-electron chi connectivity index (χ0n) is 38.4. The van der Waals surface area contributed by atoms with Gasteiger partial charge in [0.05, 0.1) is 38.6 Å². The van der Waals surface area contributed by atoms with Crippen LogP contribution in [0.15, 0.2) is 0 Å². The molecule has 19 heteroatoms. The van der Waals surface area contributed by atoms with Gasteiger partial charge in [-0.25, -0.2) is 0 Å². The quantitative estimate of drug-likeness (QED) is 0.0920. The summed E-state index contributed by atoms with van der Waals surface area (Å²) in [7, 11) is 1.73. The Morgan fingerprint density at radius 2 is 1.22 bits per heavy atom. The van der Waals surface area contributed by atoms with Crippen LogP contribution in [0.4, 0.5) is 0 Å². The first-order chi connectivity index (χ1) is 30.9. The van der Waals surface area contributed by atoms with Gasteiger partial charge in [0.2, 0.25) is 0 Å². The number of hydrogen-bond donors (Lipinski definition) is 11. The number of ether oxygens (including phenoxy) is 8. The molecule has 65 heavy (non-hydrogen) atoms. The largest absolute Gasteiger partial charge is 0.394 e. The van der Waals surface area contributed by atoms with Crippen LogP contribution in [0.1, 0.15) is 91.9 Å². The standard InChI is InChI=1S/C46H78O19/c1-20(19-59-41-38(56)35(53)32(50)28(16-47)61-41)8-13-46(58-5)21(2)31-27(65-46)15-26-24-7-6-22-14-23(9-11-44(22,3)25(24)10-12-45(26,31)4)60-43-40(37(55)34(52)30(18-49)63-43)64-42-39(57)36(54)33(51)29(17-48)62-42/h20-43,47-57H,6-19H2,1-5H3/t20-,21-,22+,23-,24+,25-,26-,27-,28+,29+,30+,31-,32+,33+,34-,35-,36-,37-,38+,39+,40+,41+,42-,43+,44-,45-,46+/m0/s1. The molecule has 4 aliphatic carbocycles. The molecule has 8 fully saturated rings. The van der Waals surface area contributed by atoms with Gasteiger partial charge >= 0.3 is 0 Å². The average Bonchev–Trinajstić information content (AvgIpc) is 3.76. The van der Waals surface area contributed by atoms with E-state index in [9.17, 15) is 56.2 Å². The Kier molecular flexibility index (Phi) is 15.4. The van der Waals surface area contributed by atoms with Crippen LogP contribution in [0.3, 0.4) is 0 Å². The van der Waals surface area contributed by atoms with Gasteiger partial charge in [0, 0.05) is 19.4 Å². The topological polar surface area (TPSA) is 296 Å². The SMILES string of the molecule is CO[C@]1(CC[C@H](C)CO[C@@H]2O[C@H](CO)[C@@H](O)[C@H](O)[C@H]2O)O[C@H]2C[C@H]3[C@@H]4CC[C@@H]5C[C@@H](O[C@@H]6O[C@H](CO)[C@H](O)[C@H](O)[C@H]6O[C@@H]6O[C@H](CO)[C@@H](O)[C@H](O)[C@H]6O)CC[C@]5(C)[C@H]4CC[C@]3(C)[C@H]2[C@@H]1C. The summed E-state index contributed by atoms with van der Waals surface area (Å²) in [6.45, 7) is 7.69. The van der Waals surface area contributed by atoms with Crippen molar-refractivity contribution in [2.75, 3.05) is 33.5 Å². The van der Waals surface area contributed by atoms with Crippen LogP contribution in [-0.4, -0.2) is 200 Å². The maximum Gasteiger partial charge on any atom is 0.187 e. The number of methoxy groups -OCH3 is 1. The van der Waals surface area contributed by atoms with Crippen molar-refractivity contribution in [2.24, 2.45) is 52.3 Å². The molecule has 27 atom stereocenters. The van der Waals surface area contributed by atoms with E-state index in [0.717, 1.165) is 44.9 Å². The molecule has 8 aliphatic rings. The first-order valence-electron chi connectivity index (χ1n) is 24.2. The van der Waals surface area contributed by atoms with Crippen LogP contribution < -0.4 is 0 Å². The highest BCUT2D eigenvalue weighted by Crippen LogP contribution is 2.71. The van der Waals surface area contributed by atoms with Crippen molar-refractivity contribution in [3.63, 3.8) is 0 Å². The molecule has 4 saturated carbocycles. The minimum Gasteiger partial charge on any atom is -0.394 e. The second-order valence-corrected chi connectivity index (χ2v) is 21.6. The predicted octanol–water partition coefficient (Wildman–Crippen LogP) is -1.13. The monoisotopic (exact) mass is 935 g/mol. The van der Waals surface area contributed by atoms with E-state index in [4.69, 9.17) is 37.9 Å². The number of aliphatic hydroxyl groups is 11. The summed E-state index contributed by atoms with van der Waals surface area (Å²) in [6, 6.07) is 0. The smallest absolute Gasteiger partial charge is 0.187 e. The summed E-state index contributed by atoms with van der Waals surface area (Å²) in [4.78, 5) is 0. The van der Waals surface area contributed by atoms with E-state index in [1.54, 1.807) is 7.11 Å². The zero-order valence-corrected chi connectivity index (χ0v) is 38.4. The number of hydrogen-bond acceptors (Lipinski definition) is 19. The fraction of sp³-hybridized carbons (Fsp3) is 1.00. The van der Waals surface area contributed by atoms with E-state index in [0.29, 0.717) is 48.9 Å². The van der Waals surface area contributed by atoms with Crippen molar-refractivity contribution >= 4 is 0 Å². The third-order valence-corrected chi connectivity index (χ3v) is 18.3. The Hall–Kier alpha value is -0.760. The second kappa shape index (κ2) is 19.8. The van der Waals surface area contributed by atoms with Gasteiger partial charge in [-0.2, -0.15) is 0 Å². The molecule has 11 N–H and O–H groups in total. The highest BCUT2D eigenvalue weighted by atomic mass is 16.8. The van der Waals surface area contributed by atoms with Crippen LogP contribution >= 0.6 is 0 Å². The molecule has 4 saturated heterocycles. The average molecular weight is 935 g/mol. The van der Waals surface area contributed by atoms with Gasteiger partial charge in [0.25, 0.3) is 0 Å². The normalized spacial score (nSPS) is 54.9. The van der Waals surface area contributed by atoms with Gasteiger partial charge in [-0.15, -0.1) is 0 Å². The molecule has 0 aromatic heterocycles. The van der Waals surface area contributed by atoms with Gasteiger partial charge < -0.3 is 94.1 Å². The molecular formula is C46H78O19. The summed E-state index contributed by atoms with van der Waals surface area (Å²) in [5.74, 6) is 1.67. The first kappa shape index (κ1) is 50.6. The van der Waals surface area contributed by atoms with Crippen LogP contribution in [0, 0.1) is 52.3 Å². The predicted molar refractivity (Wildman–Crippen MR) is 224 cm³/mol. The van der Waals surface area contributed by atoms with Crippen LogP contribution in [-0.2, 0) is 37.9 Å². The molecular weight excluding hydrogens is 856 g/mol. The molecule has 0 aromatic carbocycles. The second-order valence-electron chi connectivity index (χ2n) is 21.6. The molecule has 4 heterocycles. The lowest BCUT2D eigenvalue weighted by molar-refractivity contribution is -0.373. The van der Waals surface area contributed by atoms with Gasteiger partial charge in [-0.05, 0) is 104 Å². The minimum atomic E-state index is -1.74. The van der Waals surface area contributed by atoms with Crippen molar-refractivity contribution in [3.8, 4) is 0 Å². The van der Waals surface area contributed by atoms with Crippen molar-refractivity contribution in [3.05, 3.63) is 0 Å². The summed E-state index contributed by atoms with van der Waals surface area (Å²) in [5, 5.41) is 113. The molecule has 376 valence electrons. The highest BCUT2D eigenvalue weighted by molar-refractivity contribution is 5.15. The van der Waals surface area contributed by atoms with E-state index >= 15 is 0 Å². The van der Waals surface area contributed by atoms with E-state index in [2.05, 4.69) is 20.8 Å². The number of aliphatic hydroxyl groups excluding tert-OH is 11. The van der Waals surface area contributed by atoms with Crippen molar-refractivity contribution in [1.29, 1.82) is 0 Å². The Bertz CT molecular complexity index is 1580. The highest BCUT2D eigenvalue weighted by Gasteiger charge is 2.69. The fourth-order valence-electron chi connectivity index (χ4n) is 14.5. The third kappa shape index (κ3) is 8.90. The molecule has 0 amide bonds. The molecule has 0 bridgehead atoms. The lowest BCUT2D eigenvalue weighted by atomic mass is 9.44. The van der Waals surface area contributed by atoms with Crippen molar-refractivity contribution in [1.82, 2.24) is 0 Å². The maximum atomic E-state index is 11.2. The Labute approximate surface area is 381 Å². The van der Waals surface area contributed by atoms with Crippen molar-refractivity contribution in [2.45, 2.75) is 202 Å². The lowest BCUT2D eigenvalue weighted by Gasteiger charge is -2.61. The number of fused-ring (bicyclic) bond motifs is 7. The zero-order chi connectivity index (χ0) is 46.9. The molecule has 8 rings (SSSR count). The lowest BCUT2D eigenvalue weighted by Crippen LogP contribution is -2.65. The van der Waals surface area contributed by atoms with E-state index in [1.807, 2.05) is 6.92 Å². The summed E-state index contributed by atoms with van der Waals surface area (Å²) in [5.41, 5.74) is 0.150. The van der Waals surface area contributed by atoms with Gasteiger partial charge in [0.1, 0.15) is 73.2 Å². The Balaban J connectivity index is 0.880. The Morgan fingerprint density at radius 3 is 1.85 bits per heavy atom.